The third kappa shape index (κ3) is 1.70. The van der Waals surface area contributed by atoms with Crippen LogP contribution in [0, 0.1) is 10.1 Å². The van der Waals surface area contributed by atoms with Crippen LogP contribution in [0.5, 0.6) is 0 Å². The molecular weight excluding hydrogens is 196 g/mol. The summed E-state index contributed by atoms with van der Waals surface area (Å²) < 4.78 is 0. The van der Waals surface area contributed by atoms with Gasteiger partial charge in [-0.15, -0.1) is 0 Å². The van der Waals surface area contributed by atoms with Gasteiger partial charge in [0.2, 0.25) is 0 Å². The summed E-state index contributed by atoms with van der Waals surface area (Å²) in [5, 5.41) is 11.2. The molecule has 0 aliphatic carbocycles. The lowest BCUT2D eigenvalue weighted by Crippen LogP contribution is -2.08. The van der Waals surface area contributed by atoms with E-state index in [4.69, 9.17) is 5.84 Å². The molecule has 0 radical (unpaired) electrons. The van der Waals surface area contributed by atoms with Crippen molar-refractivity contribution in [2.24, 2.45) is 5.84 Å². The Hall–Kier alpha value is -2.21. The minimum absolute atomic E-state index is 0.0535. The Morgan fingerprint density at radius 3 is 2.80 bits per heavy atom. The third-order valence-corrected chi connectivity index (χ3v) is 2.03. The number of nitrogens with zero attached hydrogens (tertiary/aromatic N) is 2. The van der Waals surface area contributed by atoms with E-state index in [-0.39, 0.29) is 5.69 Å². The van der Waals surface area contributed by atoms with Crippen molar-refractivity contribution in [1.29, 1.82) is 0 Å². The monoisotopic (exact) mass is 204 g/mol. The average Bonchev–Trinajstić information content (AvgIpc) is 2.27. The maximum Gasteiger partial charge on any atom is 0.270 e. The molecule has 0 saturated carbocycles. The average molecular weight is 204 g/mol. The number of nitro benzene ring substituents is 1. The number of nitrogens with two attached hydrogens (primary N) is 1. The zero-order valence-corrected chi connectivity index (χ0v) is 7.68. The van der Waals surface area contributed by atoms with E-state index in [9.17, 15) is 10.1 Å². The number of hydrogen-bond donors (Lipinski definition) is 2. The topological polar surface area (TPSA) is 94.1 Å². The number of nitro groups is 1. The third-order valence-electron chi connectivity index (χ3n) is 2.03. The van der Waals surface area contributed by atoms with Crippen LogP contribution in [0.4, 0.5) is 11.5 Å². The van der Waals surface area contributed by atoms with E-state index < -0.39 is 4.92 Å². The molecule has 2 aromatic rings. The first-order chi connectivity index (χ1) is 7.20. The highest BCUT2D eigenvalue weighted by Crippen LogP contribution is 2.20. The first kappa shape index (κ1) is 9.35. The van der Waals surface area contributed by atoms with Crippen LogP contribution in [0.3, 0.4) is 0 Å². The van der Waals surface area contributed by atoms with Gasteiger partial charge in [-0.05, 0) is 18.2 Å². The second-order valence-corrected chi connectivity index (χ2v) is 2.97. The number of nitrogens with one attached hydrogen (secondary N) is 1. The van der Waals surface area contributed by atoms with E-state index in [1.807, 2.05) is 0 Å². The molecule has 1 heterocycles. The van der Waals surface area contributed by atoms with E-state index in [2.05, 4.69) is 10.4 Å². The highest BCUT2D eigenvalue weighted by atomic mass is 16.6. The van der Waals surface area contributed by atoms with Crippen molar-refractivity contribution in [3.05, 3.63) is 40.4 Å². The molecule has 3 N–H and O–H groups in total. The fourth-order valence-electron chi connectivity index (χ4n) is 1.31. The van der Waals surface area contributed by atoms with Crippen LogP contribution in [0.15, 0.2) is 30.3 Å². The molecule has 2 rings (SSSR count). The van der Waals surface area contributed by atoms with Crippen LogP contribution in [-0.4, -0.2) is 9.91 Å². The van der Waals surface area contributed by atoms with E-state index in [1.165, 1.54) is 12.1 Å². The predicted molar refractivity (Wildman–Crippen MR) is 56.2 cm³/mol. The van der Waals surface area contributed by atoms with E-state index in [0.717, 1.165) is 0 Å². The summed E-state index contributed by atoms with van der Waals surface area (Å²) in [7, 11) is 0. The summed E-state index contributed by atoms with van der Waals surface area (Å²) in [6, 6.07) is 7.86. The number of hydrogen-bond acceptors (Lipinski definition) is 5. The van der Waals surface area contributed by atoms with Crippen LogP contribution in [-0.2, 0) is 0 Å². The summed E-state index contributed by atoms with van der Waals surface area (Å²) in [5.41, 5.74) is 3.13. The minimum Gasteiger partial charge on any atom is -0.308 e. The van der Waals surface area contributed by atoms with Crippen molar-refractivity contribution in [2.45, 2.75) is 0 Å². The molecule has 0 aliphatic rings. The second-order valence-electron chi connectivity index (χ2n) is 2.97. The lowest BCUT2D eigenvalue weighted by Gasteiger charge is -2.01. The molecule has 0 spiro atoms. The Balaban J connectivity index is 2.59. The summed E-state index contributed by atoms with van der Waals surface area (Å²) in [5.74, 6) is 5.72. The zero-order valence-electron chi connectivity index (χ0n) is 7.68. The molecule has 6 heteroatoms. The van der Waals surface area contributed by atoms with Gasteiger partial charge in [0.05, 0.1) is 10.4 Å². The van der Waals surface area contributed by atoms with Crippen molar-refractivity contribution in [1.82, 2.24) is 4.98 Å². The van der Waals surface area contributed by atoms with Gasteiger partial charge < -0.3 is 5.43 Å². The quantitative estimate of drug-likeness (QED) is 0.438. The van der Waals surface area contributed by atoms with Gasteiger partial charge in [-0.3, -0.25) is 10.1 Å². The Kier molecular flexibility index (Phi) is 2.18. The van der Waals surface area contributed by atoms with Crippen LogP contribution < -0.4 is 11.3 Å². The van der Waals surface area contributed by atoms with Gasteiger partial charge in [0.15, 0.2) is 0 Å². The van der Waals surface area contributed by atoms with Crippen molar-refractivity contribution in [3.63, 3.8) is 0 Å². The van der Waals surface area contributed by atoms with Gasteiger partial charge in [0, 0.05) is 17.5 Å². The lowest BCUT2D eigenvalue weighted by atomic mass is 10.2. The first-order valence-electron chi connectivity index (χ1n) is 4.22. The largest absolute Gasteiger partial charge is 0.308 e. The molecule has 76 valence electrons. The molecule has 0 fully saturated rings. The SMILES string of the molecule is NNc1ccc2cc([N+](=O)[O-])ccc2n1. The fraction of sp³-hybridized carbons (Fsp3) is 0. The Bertz CT molecular complexity index is 527. The molecule has 0 saturated heterocycles. The maximum atomic E-state index is 10.5. The second kappa shape index (κ2) is 3.50. The molecule has 0 atom stereocenters. The van der Waals surface area contributed by atoms with Crippen LogP contribution >= 0.6 is 0 Å². The highest BCUT2D eigenvalue weighted by Gasteiger charge is 2.06. The van der Waals surface area contributed by atoms with E-state index >= 15 is 0 Å². The summed E-state index contributed by atoms with van der Waals surface area (Å²) in [4.78, 5) is 14.2. The Labute approximate surface area is 84.8 Å². The highest BCUT2D eigenvalue weighted by molar-refractivity contribution is 5.82. The van der Waals surface area contributed by atoms with Gasteiger partial charge >= 0.3 is 0 Å². The number of aromatic nitrogens is 1. The summed E-state index contributed by atoms with van der Waals surface area (Å²) in [6.07, 6.45) is 0. The normalized spacial score (nSPS) is 10.2. The number of anilines is 1. The number of hydrazine groups is 1. The summed E-state index contributed by atoms with van der Waals surface area (Å²) in [6.45, 7) is 0. The van der Waals surface area contributed by atoms with Crippen molar-refractivity contribution in [2.75, 3.05) is 5.43 Å². The van der Waals surface area contributed by atoms with Crippen molar-refractivity contribution < 1.29 is 4.92 Å². The van der Waals surface area contributed by atoms with Gasteiger partial charge in [0.25, 0.3) is 5.69 Å². The Morgan fingerprint density at radius 2 is 2.13 bits per heavy atom. The van der Waals surface area contributed by atoms with Crippen molar-refractivity contribution >= 4 is 22.4 Å². The maximum absolute atomic E-state index is 10.5. The van der Waals surface area contributed by atoms with Gasteiger partial charge in [-0.25, -0.2) is 10.8 Å². The van der Waals surface area contributed by atoms with Gasteiger partial charge in [0.1, 0.15) is 5.82 Å². The molecule has 6 nitrogen and oxygen atoms in total. The first-order valence-corrected chi connectivity index (χ1v) is 4.22. The molecule has 1 aromatic heterocycles. The molecule has 0 aliphatic heterocycles. The van der Waals surface area contributed by atoms with E-state index in [1.54, 1.807) is 18.2 Å². The molecule has 0 amide bonds. The molecule has 0 unspecified atom stereocenters. The minimum atomic E-state index is -0.436. The fourth-order valence-corrected chi connectivity index (χ4v) is 1.31. The number of fused-ring (bicyclic) bond motifs is 1. The molecule has 0 bridgehead atoms. The number of rotatable bonds is 2. The molecule has 15 heavy (non-hydrogen) atoms. The predicted octanol–water partition coefficient (Wildman–Crippen LogP) is 1.43. The van der Waals surface area contributed by atoms with Crippen LogP contribution in [0.2, 0.25) is 0 Å². The standard InChI is InChI=1S/C9H8N4O2/c10-12-9-4-1-6-5-7(13(14)15)2-3-8(6)11-9/h1-5H,10H2,(H,11,12). The van der Waals surface area contributed by atoms with Gasteiger partial charge in [-0.2, -0.15) is 0 Å². The lowest BCUT2D eigenvalue weighted by molar-refractivity contribution is -0.384. The van der Waals surface area contributed by atoms with Crippen molar-refractivity contribution in [3.8, 4) is 0 Å². The Morgan fingerprint density at radius 1 is 1.33 bits per heavy atom. The van der Waals surface area contributed by atoms with Gasteiger partial charge in [-0.1, -0.05) is 0 Å². The van der Waals surface area contributed by atoms with Crippen LogP contribution in [0.25, 0.3) is 10.9 Å². The number of benzene rings is 1. The van der Waals surface area contributed by atoms with E-state index in [0.29, 0.717) is 16.7 Å². The zero-order chi connectivity index (χ0) is 10.8. The number of pyridine rings is 1. The number of non-ortho nitro benzene ring substituents is 1. The molecule has 1 aromatic carbocycles. The number of nitrogen functional groups attached to an aromatic ring is 1. The smallest absolute Gasteiger partial charge is 0.270 e. The summed E-state index contributed by atoms with van der Waals surface area (Å²) >= 11 is 0. The van der Waals surface area contributed by atoms with Crippen LogP contribution in [0.1, 0.15) is 0 Å². The molecular formula is C9H8N4O2.